The van der Waals surface area contributed by atoms with Crippen LogP contribution in [0, 0.1) is 29.3 Å². The number of methoxy groups -OCH3 is 2. The van der Waals surface area contributed by atoms with Crippen molar-refractivity contribution in [2.24, 2.45) is 0 Å². The number of carbonyl (C=O) groups excluding carboxylic acids is 2. The van der Waals surface area contributed by atoms with Gasteiger partial charge in [-0.05, 0) is 34.7 Å². The Morgan fingerprint density at radius 2 is 1.23 bits per heavy atom. The Labute approximate surface area is 360 Å². The standard InChI is InChI=1S/C9H9Cl2NO2S.C5H2Cl2IN.C5H3Cl2NS.C4H8O2S.C2H2.C2H.2CH4.Na/c1-14-7(13)3-5-15-6-2-4-12-9(11)8(6)10;6-4-3(8)1-2-9-5(4)7;6-4-3(9)1-2-8-5(4)7;1-6-4(5)2-3-7;2*1-2;;;/h2,4H,3,5H2,1H3;1-2H;1-2H,(H,8,9);7H,2-3H2,1H3;1-2H;1H;2*1H4;/q;;;;;-1;;;+1/p-1. The van der Waals surface area contributed by atoms with E-state index >= 15 is 0 Å². The molecule has 47 heavy (non-hydrogen) atoms. The minimum absolute atomic E-state index is 0. The van der Waals surface area contributed by atoms with E-state index in [0.717, 1.165) is 8.47 Å². The Kier molecular flexibility index (Phi) is 48.6. The normalized spacial score (nSPS) is 8.21. The summed E-state index contributed by atoms with van der Waals surface area (Å²) in [6, 6.07) is 5.19. The summed E-state index contributed by atoms with van der Waals surface area (Å²) >= 11 is 46.1. The second-order valence-electron chi connectivity index (χ2n) is 6.45. The summed E-state index contributed by atoms with van der Waals surface area (Å²) in [5.41, 5.74) is 0. The molecule has 0 N–H and O–H groups in total. The molecule has 3 rings (SSSR count). The molecule has 18 heteroatoms. The molecule has 0 radical (unpaired) electrons. The van der Waals surface area contributed by atoms with Crippen molar-refractivity contribution < 1.29 is 48.6 Å². The van der Waals surface area contributed by atoms with Crippen molar-refractivity contribution >= 4 is 141 Å². The van der Waals surface area contributed by atoms with Crippen LogP contribution in [-0.4, -0.2) is 52.6 Å². The molecule has 0 aliphatic rings. The number of nitrogens with zero attached hydrogens (tertiary/aromatic N) is 3. The van der Waals surface area contributed by atoms with Crippen LogP contribution in [0.25, 0.3) is 0 Å². The van der Waals surface area contributed by atoms with Gasteiger partial charge in [-0.25, -0.2) is 15.0 Å². The van der Waals surface area contributed by atoms with Crippen LogP contribution >= 0.6 is 117 Å². The number of terminal acetylenes is 2. The van der Waals surface area contributed by atoms with Crippen LogP contribution in [-0.2, 0) is 31.7 Å². The van der Waals surface area contributed by atoms with Crippen molar-refractivity contribution in [3.63, 3.8) is 0 Å². The number of hydrogen-bond acceptors (Lipinski definition) is 10. The smallest absolute Gasteiger partial charge is 0.778 e. The van der Waals surface area contributed by atoms with Gasteiger partial charge in [0.05, 0.1) is 42.1 Å². The summed E-state index contributed by atoms with van der Waals surface area (Å²) in [5, 5.41) is 2.22. The topological polar surface area (TPSA) is 91.3 Å². The average Bonchev–Trinajstić information content (AvgIpc) is 3.03. The molecule has 0 aliphatic heterocycles. The quantitative estimate of drug-likeness (QED) is 0.0310. The molecule has 0 aliphatic carbocycles. The van der Waals surface area contributed by atoms with Crippen LogP contribution in [0.2, 0.25) is 30.5 Å². The zero-order valence-electron chi connectivity index (χ0n) is 23.9. The Bertz CT molecular complexity index is 1240. The molecule has 3 heterocycles. The average molecular weight is 945 g/mol. The number of thiol groups is 1. The van der Waals surface area contributed by atoms with Gasteiger partial charge in [-0.1, -0.05) is 90.5 Å². The predicted molar refractivity (Wildman–Crippen MR) is 211 cm³/mol. The number of ether oxygens (including phenoxy) is 2. The molecule has 0 saturated heterocycles. The van der Waals surface area contributed by atoms with Crippen molar-refractivity contribution in [1.82, 2.24) is 15.0 Å². The van der Waals surface area contributed by atoms with Gasteiger partial charge in [0, 0.05) is 38.6 Å². The maximum Gasteiger partial charge on any atom is 1.00 e. The van der Waals surface area contributed by atoms with Crippen LogP contribution in [0.4, 0.5) is 0 Å². The van der Waals surface area contributed by atoms with Crippen molar-refractivity contribution in [3.05, 3.63) is 77.3 Å². The van der Waals surface area contributed by atoms with Gasteiger partial charge < -0.3 is 34.9 Å². The predicted octanol–water partition coefficient (Wildman–Crippen LogP) is 7.54. The molecule has 0 saturated carbocycles. The zero-order chi connectivity index (χ0) is 34.7. The first kappa shape index (κ1) is 59.1. The second kappa shape index (κ2) is 38.7. The number of rotatable bonds is 6. The van der Waals surface area contributed by atoms with Gasteiger partial charge in [-0.15, -0.1) is 24.6 Å². The van der Waals surface area contributed by atoms with E-state index in [9.17, 15) is 9.59 Å². The van der Waals surface area contributed by atoms with Crippen LogP contribution in [0.3, 0.4) is 0 Å². The fraction of sp³-hybridized carbons (Fsp3) is 0.276. The Morgan fingerprint density at radius 3 is 1.60 bits per heavy atom. The number of esters is 2. The molecule has 0 fully saturated rings. The van der Waals surface area contributed by atoms with Crippen LogP contribution in [0.15, 0.2) is 46.6 Å². The van der Waals surface area contributed by atoms with E-state index in [-0.39, 0.29) is 66.7 Å². The van der Waals surface area contributed by atoms with E-state index in [1.54, 1.807) is 30.6 Å². The molecule has 0 amide bonds. The van der Waals surface area contributed by atoms with Crippen molar-refractivity contribution in [3.8, 4) is 19.3 Å². The first-order valence-corrected chi connectivity index (χ1v) is 16.5. The summed E-state index contributed by atoms with van der Waals surface area (Å²) in [4.78, 5) is 33.6. The minimum Gasteiger partial charge on any atom is -0.778 e. The maximum absolute atomic E-state index is 10.8. The number of carbonyl (C=O) groups is 2. The van der Waals surface area contributed by atoms with Crippen LogP contribution in [0.1, 0.15) is 27.7 Å². The van der Waals surface area contributed by atoms with Crippen molar-refractivity contribution in [2.45, 2.75) is 37.5 Å². The summed E-state index contributed by atoms with van der Waals surface area (Å²) < 4.78 is 9.75. The molecule has 256 valence electrons. The molecule has 0 unspecified atom stereocenters. The molecule has 0 atom stereocenters. The molecule has 3 aromatic rings. The first-order chi connectivity index (χ1) is 20.9. The Balaban J connectivity index is -0.000000117. The zero-order valence-corrected chi connectivity index (χ0v) is 35.1. The number of thioether (sulfide) groups is 1. The monoisotopic (exact) mass is 942 g/mol. The second-order valence-corrected chi connectivity index (χ2v) is 11.8. The molecule has 0 spiro atoms. The molecule has 3 aromatic heterocycles. The minimum atomic E-state index is -0.237. The van der Waals surface area contributed by atoms with Crippen LogP contribution < -0.4 is 29.6 Å². The molecule has 7 nitrogen and oxygen atoms in total. The number of pyridine rings is 3. The third-order valence-corrected chi connectivity index (χ3v) is 9.12. The molecular weight excluding hydrogens is 913 g/mol. The van der Waals surface area contributed by atoms with E-state index in [1.165, 1.54) is 32.2 Å². The van der Waals surface area contributed by atoms with E-state index < -0.39 is 0 Å². The number of hydrogen-bond donors (Lipinski definition) is 1. The summed E-state index contributed by atoms with van der Waals surface area (Å²) in [7, 11) is 2.73. The molecule has 0 bridgehead atoms. The Hall–Kier alpha value is -0.1000. The third-order valence-electron chi connectivity index (χ3n) is 3.76. The summed E-state index contributed by atoms with van der Waals surface area (Å²) in [5.74, 6) is 0.730. The third kappa shape index (κ3) is 29.3. The summed E-state index contributed by atoms with van der Waals surface area (Å²) in [6.07, 6.45) is 22.5. The molecular formula is C29H32Cl6IN3NaO4S3-. The van der Waals surface area contributed by atoms with E-state index in [2.05, 4.69) is 78.9 Å². The fourth-order valence-corrected chi connectivity index (χ4v) is 4.72. The Morgan fingerprint density at radius 1 is 0.830 bits per heavy atom. The van der Waals surface area contributed by atoms with Crippen LogP contribution in [0.5, 0.6) is 0 Å². The van der Waals surface area contributed by atoms with E-state index in [0.29, 0.717) is 49.5 Å². The van der Waals surface area contributed by atoms with Gasteiger partial charge >= 0.3 is 41.5 Å². The van der Waals surface area contributed by atoms with Gasteiger partial charge in [0.15, 0.2) is 0 Å². The van der Waals surface area contributed by atoms with E-state index in [4.69, 9.17) is 88.7 Å². The van der Waals surface area contributed by atoms with Gasteiger partial charge in [0.2, 0.25) is 0 Å². The first-order valence-electron chi connectivity index (χ1n) is 11.1. The largest absolute Gasteiger partial charge is 1.00 e. The van der Waals surface area contributed by atoms with Gasteiger partial charge in [0.25, 0.3) is 0 Å². The molecule has 0 aromatic carbocycles. The maximum atomic E-state index is 10.8. The number of halogens is 7. The fourth-order valence-electron chi connectivity index (χ4n) is 1.85. The van der Waals surface area contributed by atoms with Crippen molar-refractivity contribution in [2.75, 3.05) is 25.7 Å². The summed E-state index contributed by atoms with van der Waals surface area (Å²) in [6.45, 7) is 0. The van der Waals surface area contributed by atoms with Gasteiger partial charge in [-0.3, -0.25) is 9.59 Å². The van der Waals surface area contributed by atoms with Gasteiger partial charge in [0.1, 0.15) is 15.5 Å². The van der Waals surface area contributed by atoms with Crippen molar-refractivity contribution in [1.29, 1.82) is 0 Å². The number of aromatic nitrogens is 3. The van der Waals surface area contributed by atoms with Gasteiger partial charge in [-0.2, -0.15) is 17.5 Å². The van der Waals surface area contributed by atoms with E-state index in [1.807, 2.05) is 0 Å². The SMILES string of the molecule is C.C.C#C.COC(=O)CCS.COC(=O)CCSc1ccnc(Cl)c1Cl.Clc1nccc(I)c1Cl.[C-]#C.[Na+].[S-]c1ccnc(Cl)c1Cl.